The van der Waals surface area contributed by atoms with Crippen molar-refractivity contribution in [3.63, 3.8) is 0 Å². The van der Waals surface area contributed by atoms with Gasteiger partial charge >= 0.3 is 0 Å². The van der Waals surface area contributed by atoms with Gasteiger partial charge in [-0.1, -0.05) is 47.5 Å². The Labute approximate surface area is 177 Å². The van der Waals surface area contributed by atoms with Gasteiger partial charge in [-0.25, -0.2) is 4.39 Å². The monoisotopic (exact) mass is 421 g/mol. The van der Waals surface area contributed by atoms with E-state index in [1.54, 1.807) is 42.5 Å². The van der Waals surface area contributed by atoms with Crippen LogP contribution in [-0.4, -0.2) is 16.8 Å². The predicted molar refractivity (Wildman–Crippen MR) is 114 cm³/mol. The first kappa shape index (κ1) is 19.9. The summed E-state index contributed by atoms with van der Waals surface area (Å²) in [5, 5.41) is 11.5. The lowest BCUT2D eigenvalue weighted by Crippen LogP contribution is -2.29. The second kappa shape index (κ2) is 7.76. The molecule has 1 aliphatic rings. The van der Waals surface area contributed by atoms with Gasteiger partial charge in [-0.15, -0.1) is 0 Å². The Kier molecular flexibility index (Phi) is 5.14. The number of rotatable bonds is 3. The van der Waals surface area contributed by atoms with E-state index in [4.69, 9.17) is 11.6 Å². The smallest absolute Gasteiger partial charge is 0.300 e. The average Bonchev–Trinajstić information content (AvgIpc) is 2.99. The number of carbonyl (C=O) groups is 2. The molecule has 0 bridgehead atoms. The minimum absolute atomic E-state index is 0.0582. The Bertz CT molecular complexity index is 1190. The highest BCUT2D eigenvalue weighted by molar-refractivity contribution is 6.51. The number of aliphatic hydroxyl groups excluding tert-OH is 1. The van der Waals surface area contributed by atoms with Crippen molar-refractivity contribution in [2.45, 2.75) is 13.0 Å². The largest absolute Gasteiger partial charge is 0.507 e. The molecular formula is C24H17ClFNO3. The lowest BCUT2D eigenvalue weighted by molar-refractivity contribution is -0.132. The van der Waals surface area contributed by atoms with Crippen LogP contribution in [-0.2, 0) is 9.59 Å². The molecule has 0 aliphatic carbocycles. The van der Waals surface area contributed by atoms with Gasteiger partial charge in [0.15, 0.2) is 0 Å². The molecule has 1 aliphatic heterocycles. The molecule has 1 heterocycles. The molecule has 150 valence electrons. The lowest BCUT2D eigenvalue weighted by Gasteiger charge is -2.25. The molecule has 0 radical (unpaired) electrons. The zero-order chi connectivity index (χ0) is 21.4. The molecular weight excluding hydrogens is 405 g/mol. The van der Waals surface area contributed by atoms with Gasteiger partial charge in [0.25, 0.3) is 11.7 Å². The number of Topliss-reactive ketones (excluding diaryl/α,β-unsaturated/α-hetero) is 1. The van der Waals surface area contributed by atoms with Crippen LogP contribution in [0.3, 0.4) is 0 Å². The molecule has 1 amide bonds. The van der Waals surface area contributed by atoms with Crippen molar-refractivity contribution in [2.24, 2.45) is 0 Å². The summed E-state index contributed by atoms with van der Waals surface area (Å²) in [6, 6.07) is 18.2. The molecule has 3 aromatic rings. The van der Waals surface area contributed by atoms with E-state index in [9.17, 15) is 19.1 Å². The fourth-order valence-corrected chi connectivity index (χ4v) is 3.77. The van der Waals surface area contributed by atoms with Crippen molar-refractivity contribution in [2.75, 3.05) is 4.90 Å². The molecule has 4 nitrogen and oxygen atoms in total. The first-order chi connectivity index (χ1) is 14.4. The molecule has 4 rings (SSSR count). The average molecular weight is 422 g/mol. The molecule has 1 unspecified atom stereocenters. The summed E-state index contributed by atoms with van der Waals surface area (Å²) in [7, 11) is 0. The van der Waals surface area contributed by atoms with E-state index < -0.39 is 23.5 Å². The van der Waals surface area contributed by atoms with Gasteiger partial charge in [-0.3, -0.25) is 14.5 Å². The van der Waals surface area contributed by atoms with E-state index in [1.165, 1.54) is 23.1 Å². The van der Waals surface area contributed by atoms with Crippen LogP contribution in [0.1, 0.15) is 22.7 Å². The zero-order valence-electron chi connectivity index (χ0n) is 16.0. The van der Waals surface area contributed by atoms with Gasteiger partial charge in [0.05, 0.1) is 11.6 Å². The van der Waals surface area contributed by atoms with Gasteiger partial charge in [0, 0.05) is 16.3 Å². The summed E-state index contributed by atoms with van der Waals surface area (Å²) in [5.74, 6) is -2.51. The summed E-state index contributed by atoms with van der Waals surface area (Å²) in [4.78, 5) is 27.2. The van der Waals surface area contributed by atoms with Crippen molar-refractivity contribution in [1.82, 2.24) is 0 Å². The van der Waals surface area contributed by atoms with E-state index in [-0.39, 0.29) is 17.0 Å². The van der Waals surface area contributed by atoms with Gasteiger partial charge in [0.2, 0.25) is 0 Å². The maximum absolute atomic E-state index is 13.9. The van der Waals surface area contributed by atoms with Crippen LogP contribution in [0.2, 0.25) is 5.02 Å². The lowest BCUT2D eigenvalue weighted by atomic mass is 9.94. The summed E-state index contributed by atoms with van der Waals surface area (Å²) in [6.45, 7) is 1.89. The molecule has 6 heteroatoms. The molecule has 1 fully saturated rings. The first-order valence-corrected chi connectivity index (χ1v) is 9.63. The van der Waals surface area contributed by atoms with Crippen LogP contribution >= 0.6 is 11.6 Å². The number of halogens is 2. The Hall–Kier alpha value is -3.44. The third-order valence-electron chi connectivity index (χ3n) is 5.01. The molecule has 0 aromatic heterocycles. The molecule has 0 saturated carbocycles. The highest BCUT2D eigenvalue weighted by Crippen LogP contribution is 2.42. The van der Waals surface area contributed by atoms with Crippen LogP contribution in [0, 0.1) is 12.7 Å². The second-order valence-corrected chi connectivity index (χ2v) is 7.51. The number of ketones is 1. The molecule has 0 spiro atoms. The maximum atomic E-state index is 13.9. The molecule has 3 aromatic carbocycles. The number of aryl methyl sites for hydroxylation is 1. The van der Waals surface area contributed by atoms with Gasteiger partial charge in [-0.2, -0.15) is 0 Å². The van der Waals surface area contributed by atoms with Crippen LogP contribution < -0.4 is 4.90 Å². The van der Waals surface area contributed by atoms with Crippen molar-refractivity contribution < 1.29 is 19.1 Å². The molecule has 1 atom stereocenters. The molecule has 1 N–H and O–H groups in total. The minimum atomic E-state index is -0.901. The Morgan fingerprint density at radius 2 is 1.70 bits per heavy atom. The predicted octanol–water partition coefficient (Wildman–Crippen LogP) is 5.41. The SMILES string of the molecule is Cc1cccc(C2/C(=C(\O)c3ccc(Cl)cc3)C(=O)C(=O)N2c2cccc(F)c2)c1. The fraction of sp³-hybridized carbons (Fsp3) is 0.0833. The van der Waals surface area contributed by atoms with E-state index in [1.807, 2.05) is 19.1 Å². The number of aliphatic hydroxyl groups is 1. The first-order valence-electron chi connectivity index (χ1n) is 9.26. The van der Waals surface area contributed by atoms with Crippen molar-refractivity contribution in [3.8, 4) is 0 Å². The maximum Gasteiger partial charge on any atom is 0.300 e. The highest BCUT2D eigenvalue weighted by Gasteiger charge is 2.47. The van der Waals surface area contributed by atoms with Crippen LogP contribution in [0.5, 0.6) is 0 Å². The molecule has 30 heavy (non-hydrogen) atoms. The van der Waals surface area contributed by atoms with Crippen molar-refractivity contribution >= 4 is 34.7 Å². The summed E-state index contributed by atoms with van der Waals surface area (Å²) in [6.07, 6.45) is 0. The van der Waals surface area contributed by atoms with E-state index in [0.29, 0.717) is 16.1 Å². The second-order valence-electron chi connectivity index (χ2n) is 7.07. The Morgan fingerprint density at radius 1 is 1.00 bits per heavy atom. The summed E-state index contributed by atoms with van der Waals surface area (Å²) < 4.78 is 13.9. The summed E-state index contributed by atoms with van der Waals surface area (Å²) >= 11 is 5.93. The van der Waals surface area contributed by atoms with Gasteiger partial charge in [0.1, 0.15) is 11.6 Å². The Morgan fingerprint density at radius 3 is 2.37 bits per heavy atom. The number of anilines is 1. The quantitative estimate of drug-likeness (QED) is 0.349. The minimum Gasteiger partial charge on any atom is -0.507 e. The van der Waals surface area contributed by atoms with Crippen LogP contribution in [0.15, 0.2) is 78.4 Å². The number of hydrogen-bond donors (Lipinski definition) is 1. The fourth-order valence-electron chi connectivity index (χ4n) is 3.64. The number of amides is 1. The van der Waals surface area contributed by atoms with Crippen LogP contribution in [0.4, 0.5) is 10.1 Å². The van der Waals surface area contributed by atoms with Gasteiger partial charge in [-0.05, 0) is 55.0 Å². The highest BCUT2D eigenvalue weighted by atomic mass is 35.5. The van der Waals surface area contributed by atoms with E-state index >= 15 is 0 Å². The molecule has 1 saturated heterocycles. The summed E-state index contributed by atoms with van der Waals surface area (Å²) in [5.41, 5.74) is 2.09. The normalized spacial score (nSPS) is 18.1. The number of benzene rings is 3. The van der Waals surface area contributed by atoms with Gasteiger partial charge < -0.3 is 5.11 Å². The number of nitrogens with zero attached hydrogens (tertiary/aromatic N) is 1. The van der Waals surface area contributed by atoms with E-state index in [0.717, 1.165) is 5.56 Å². The number of hydrogen-bond acceptors (Lipinski definition) is 3. The standard InChI is InChI=1S/C24H17ClFNO3/c1-14-4-2-5-16(12-14)21-20(22(28)15-8-10-17(25)11-9-15)23(29)24(30)27(21)19-7-3-6-18(26)13-19/h2-13,21,28H,1H3/b22-20+. The van der Waals surface area contributed by atoms with Crippen LogP contribution in [0.25, 0.3) is 5.76 Å². The van der Waals surface area contributed by atoms with Crippen molar-refractivity contribution in [3.05, 3.63) is 106 Å². The van der Waals surface area contributed by atoms with E-state index in [2.05, 4.69) is 0 Å². The third kappa shape index (κ3) is 3.48. The third-order valence-corrected chi connectivity index (χ3v) is 5.26. The number of carbonyl (C=O) groups excluding carboxylic acids is 2. The zero-order valence-corrected chi connectivity index (χ0v) is 16.7. The Balaban J connectivity index is 1.96. The van der Waals surface area contributed by atoms with Crippen molar-refractivity contribution in [1.29, 1.82) is 0 Å². The topological polar surface area (TPSA) is 57.6 Å².